The van der Waals surface area contributed by atoms with Crippen molar-refractivity contribution in [3.8, 4) is 0 Å². The molecule has 1 saturated carbocycles. The van der Waals surface area contributed by atoms with Crippen molar-refractivity contribution in [3.63, 3.8) is 0 Å². The number of carbonyl (C=O) groups is 1. The second-order valence-corrected chi connectivity index (χ2v) is 4.53. The summed E-state index contributed by atoms with van der Waals surface area (Å²) in [4.78, 5) is 11.7. The number of esters is 1. The number of aryl methyl sites for hydroxylation is 1. The SMILES string of the molecule is Cc1ccc(F)cc1C(=O)OCC1CC1C. The first kappa shape index (κ1) is 11.1. The second kappa shape index (κ2) is 4.24. The molecule has 0 aliphatic heterocycles. The van der Waals surface area contributed by atoms with E-state index in [0.29, 0.717) is 24.0 Å². The molecule has 86 valence electrons. The van der Waals surface area contributed by atoms with Gasteiger partial charge < -0.3 is 4.74 Å². The number of rotatable bonds is 3. The van der Waals surface area contributed by atoms with Gasteiger partial charge >= 0.3 is 5.97 Å². The monoisotopic (exact) mass is 222 g/mol. The molecule has 2 atom stereocenters. The fraction of sp³-hybridized carbons (Fsp3) is 0.462. The quantitative estimate of drug-likeness (QED) is 0.735. The third-order valence-corrected chi connectivity index (χ3v) is 3.12. The van der Waals surface area contributed by atoms with Crippen molar-refractivity contribution in [1.29, 1.82) is 0 Å². The lowest BCUT2D eigenvalue weighted by Gasteiger charge is -2.06. The van der Waals surface area contributed by atoms with Crippen LogP contribution < -0.4 is 0 Å². The first-order valence-corrected chi connectivity index (χ1v) is 5.51. The molecule has 0 amide bonds. The molecule has 1 fully saturated rings. The summed E-state index contributed by atoms with van der Waals surface area (Å²) < 4.78 is 18.1. The van der Waals surface area contributed by atoms with Crippen LogP contribution in [0.4, 0.5) is 4.39 Å². The van der Waals surface area contributed by atoms with E-state index in [9.17, 15) is 9.18 Å². The molecule has 1 aliphatic carbocycles. The van der Waals surface area contributed by atoms with Crippen LogP contribution in [-0.2, 0) is 4.74 Å². The van der Waals surface area contributed by atoms with Gasteiger partial charge in [-0.2, -0.15) is 0 Å². The number of halogens is 1. The maximum absolute atomic E-state index is 13.0. The molecule has 1 aromatic carbocycles. The van der Waals surface area contributed by atoms with Gasteiger partial charge in [-0.25, -0.2) is 9.18 Å². The van der Waals surface area contributed by atoms with Crippen LogP contribution in [0.25, 0.3) is 0 Å². The van der Waals surface area contributed by atoms with E-state index in [-0.39, 0.29) is 0 Å². The Kier molecular flexibility index (Phi) is 2.95. The van der Waals surface area contributed by atoms with Crippen molar-refractivity contribution in [2.45, 2.75) is 20.3 Å². The molecule has 0 spiro atoms. The normalized spacial score (nSPS) is 22.9. The maximum atomic E-state index is 13.0. The first-order valence-electron chi connectivity index (χ1n) is 5.51. The van der Waals surface area contributed by atoms with E-state index in [1.807, 2.05) is 0 Å². The van der Waals surface area contributed by atoms with Crippen molar-refractivity contribution in [2.75, 3.05) is 6.61 Å². The summed E-state index contributed by atoms with van der Waals surface area (Å²) in [6.45, 7) is 4.36. The minimum Gasteiger partial charge on any atom is -0.462 e. The number of benzene rings is 1. The van der Waals surface area contributed by atoms with E-state index in [2.05, 4.69) is 6.92 Å². The molecule has 16 heavy (non-hydrogen) atoms. The lowest BCUT2D eigenvalue weighted by molar-refractivity contribution is 0.0480. The van der Waals surface area contributed by atoms with Gasteiger partial charge in [0.1, 0.15) is 5.82 Å². The van der Waals surface area contributed by atoms with Crippen LogP contribution in [0, 0.1) is 24.6 Å². The van der Waals surface area contributed by atoms with Gasteiger partial charge in [-0.1, -0.05) is 13.0 Å². The van der Waals surface area contributed by atoms with Crippen molar-refractivity contribution < 1.29 is 13.9 Å². The fourth-order valence-corrected chi connectivity index (χ4v) is 1.71. The average Bonchev–Trinajstić information content (AvgIpc) is 2.95. The fourth-order valence-electron chi connectivity index (χ4n) is 1.71. The van der Waals surface area contributed by atoms with Crippen LogP contribution in [0.1, 0.15) is 29.3 Å². The van der Waals surface area contributed by atoms with E-state index in [4.69, 9.17) is 4.74 Å². The Labute approximate surface area is 94.4 Å². The zero-order chi connectivity index (χ0) is 11.7. The number of hydrogen-bond acceptors (Lipinski definition) is 2. The summed E-state index contributed by atoms with van der Waals surface area (Å²) in [5.41, 5.74) is 1.07. The molecule has 0 heterocycles. The van der Waals surface area contributed by atoms with Crippen LogP contribution in [0.2, 0.25) is 0 Å². The Morgan fingerprint density at radius 2 is 2.25 bits per heavy atom. The number of carbonyl (C=O) groups excluding carboxylic acids is 1. The number of hydrogen-bond donors (Lipinski definition) is 0. The zero-order valence-electron chi connectivity index (χ0n) is 9.50. The molecule has 0 radical (unpaired) electrons. The predicted molar refractivity (Wildman–Crippen MR) is 58.7 cm³/mol. The zero-order valence-corrected chi connectivity index (χ0v) is 9.50. The minimum absolute atomic E-state index is 0.327. The molecule has 2 nitrogen and oxygen atoms in total. The molecule has 1 aromatic rings. The molecule has 0 saturated heterocycles. The van der Waals surface area contributed by atoms with Crippen LogP contribution >= 0.6 is 0 Å². The molecule has 2 unspecified atom stereocenters. The highest BCUT2D eigenvalue weighted by atomic mass is 19.1. The van der Waals surface area contributed by atoms with Crippen molar-refractivity contribution >= 4 is 5.97 Å². The second-order valence-electron chi connectivity index (χ2n) is 4.53. The molecular weight excluding hydrogens is 207 g/mol. The number of ether oxygens (including phenoxy) is 1. The Bertz CT molecular complexity index is 414. The van der Waals surface area contributed by atoms with Gasteiger partial charge in [-0.3, -0.25) is 0 Å². The van der Waals surface area contributed by atoms with E-state index in [0.717, 1.165) is 12.0 Å². The largest absolute Gasteiger partial charge is 0.462 e. The standard InChI is InChI=1S/C13H15FO2/c1-8-3-4-11(14)6-12(8)13(15)16-7-10-5-9(10)2/h3-4,6,9-10H,5,7H2,1-2H3. The van der Waals surface area contributed by atoms with Gasteiger partial charge in [0.05, 0.1) is 12.2 Å². The molecule has 3 heteroatoms. The lowest BCUT2D eigenvalue weighted by atomic mass is 10.1. The molecule has 2 rings (SSSR count). The van der Waals surface area contributed by atoms with Gasteiger partial charge in [-0.05, 0) is 42.9 Å². The van der Waals surface area contributed by atoms with Crippen LogP contribution in [-0.4, -0.2) is 12.6 Å². The van der Waals surface area contributed by atoms with Crippen LogP contribution in [0.3, 0.4) is 0 Å². The smallest absolute Gasteiger partial charge is 0.338 e. The Hall–Kier alpha value is -1.38. The molecular formula is C13H15FO2. The summed E-state index contributed by atoms with van der Waals surface area (Å²) in [6, 6.07) is 4.16. The van der Waals surface area contributed by atoms with Gasteiger partial charge in [0, 0.05) is 0 Å². The Morgan fingerprint density at radius 1 is 1.56 bits per heavy atom. The van der Waals surface area contributed by atoms with Gasteiger partial charge in [0.2, 0.25) is 0 Å². The highest BCUT2D eigenvalue weighted by Gasteiger charge is 2.33. The molecule has 0 N–H and O–H groups in total. The third kappa shape index (κ3) is 2.40. The maximum Gasteiger partial charge on any atom is 0.338 e. The van der Waals surface area contributed by atoms with Crippen LogP contribution in [0.5, 0.6) is 0 Å². The highest BCUT2D eigenvalue weighted by molar-refractivity contribution is 5.91. The average molecular weight is 222 g/mol. The van der Waals surface area contributed by atoms with E-state index < -0.39 is 11.8 Å². The summed E-state index contributed by atoms with van der Waals surface area (Å²) >= 11 is 0. The van der Waals surface area contributed by atoms with E-state index in [1.165, 1.54) is 12.1 Å². The third-order valence-electron chi connectivity index (χ3n) is 3.12. The van der Waals surface area contributed by atoms with E-state index >= 15 is 0 Å². The van der Waals surface area contributed by atoms with Crippen molar-refractivity contribution in [2.24, 2.45) is 11.8 Å². The Balaban J connectivity index is 1.99. The first-order chi connectivity index (χ1) is 7.58. The van der Waals surface area contributed by atoms with Gasteiger partial charge in [0.25, 0.3) is 0 Å². The van der Waals surface area contributed by atoms with Gasteiger partial charge in [-0.15, -0.1) is 0 Å². The van der Waals surface area contributed by atoms with Crippen LogP contribution in [0.15, 0.2) is 18.2 Å². The molecule has 1 aliphatic rings. The summed E-state index contributed by atoms with van der Waals surface area (Å²) in [6.07, 6.45) is 1.12. The highest BCUT2D eigenvalue weighted by Crippen LogP contribution is 2.37. The lowest BCUT2D eigenvalue weighted by Crippen LogP contribution is -2.10. The van der Waals surface area contributed by atoms with Crippen molar-refractivity contribution in [3.05, 3.63) is 35.1 Å². The molecule has 0 aromatic heterocycles. The van der Waals surface area contributed by atoms with E-state index in [1.54, 1.807) is 13.0 Å². The van der Waals surface area contributed by atoms with Crippen molar-refractivity contribution in [1.82, 2.24) is 0 Å². The summed E-state index contributed by atoms with van der Waals surface area (Å²) in [5.74, 6) is 0.327. The summed E-state index contributed by atoms with van der Waals surface area (Å²) in [5, 5.41) is 0. The minimum atomic E-state index is -0.420. The summed E-state index contributed by atoms with van der Waals surface area (Å²) in [7, 11) is 0. The molecule has 0 bridgehead atoms. The Morgan fingerprint density at radius 3 is 2.88 bits per heavy atom. The van der Waals surface area contributed by atoms with Gasteiger partial charge in [0.15, 0.2) is 0 Å². The predicted octanol–water partition coefficient (Wildman–Crippen LogP) is 2.95. The topological polar surface area (TPSA) is 26.3 Å².